The fraction of sp³-hybridized carbons (Fsp3) is 0.429. The van der Waals surface area contributed by atoms with Crippen LogP contribution in [0, 0.1) is 11.7 Å². The molecule has 1 aliphatic rings. The highest BCUT2D eigenvalue weighted by molar-refractivity contribution is 8.14. The molecular formula is C14H16F4N2OS. The third-order valence-electron chi connectivity index (χ3n) is 2.81. The van der Waals surface area contributed by atoms with Gasteiger partial charge in [-0.25, -0.2) is 4.39 Å². The fourth-order valence-electron chi connectivity index (χ4n) is 1.61. The molecule has 1 unspecified atom stereocenters. The van der Waals surface area contributed by atoms with E-state index in [-0.39, 0.29) is 23.7 Å². The van der Waals surface area contributed by atoms with Crippen LogP contribution in [0.4, 0.5) is 17.6 Å². The topological polar surface area (TPSA) is 41.5 Å². The number of alkyl halides is 3. The number of carbonyl (C=O) groups excluding carboxylic acids is 1. The number of hydrogen-bond acceptors (Lipinski definition) is 3. The molecule has 1 amide bonds. The highest BCUT2D eigenvalue weighted by Gasteiger charge is 2.22. The van der Waals surface area contributed by atoms with Crippen LogP contribution < -0.4 is 5.32 Å². The van der Waals surface area contributed by atoms with E-state index >= 15 is 0 Å². The van der Waals surface area contributed by atoms with Crippen LogP contribution in [0.15, 0.2) is 29.3 Å². The van der Waals surface area contributed by atoms with Gasteiger partial charge in [-0.2, -0.15) is 13.2 Å². The largest absolute Gasteiger partial charge is 0.379 e. The number of amides is 1. The molecule has 0 aliphatic carbocycles. The molecule has 0 spiro atoms. The summed E-state index contributed by atoms with van der Waals surface area (Å²) in [6, 6.07) is 6.16. The minimum absolute atomic E-state index is 0.0128. The molecule has 1 heterocycles. The second kappa shape index (κ2) is 8.77. The van der Waals surface area contributed by atoms with Crippen LogP contribution in [-0.4, -0.2) is 23.5 Å². The molecule has 0 saturated carbocycles. The number of rotatable bonds is 2. The normalized spacial score (nSPS) is 21.1. The van der Waals surface area contributed by atoms with Crippen LogP contribution in [0.2, 0.25) is 0 Å². The number of carbonyl (C=O) groups is 1. The Hall–Kier alpha value is -1.57. The SMILES string of the molecule is CC1CSC(=N[C@@H](C)c2ccc(F)cc2)NC1=O.FC(F)F. The molecule has 3 nitrogen and oxygen atoms in total. The number of nitrogens with zero attached hydrogens (tertiary/aromatic N) is 1. The Kier molecular flexibility index (Phi) is 7.37. The Morgan fingerprint density at radius 2 is 1.82 bits per heavy atom. The predicted molar refractivity (Wildman–Crippen MR) is 79.1 cm³/mol. The molecule has 0 radical (unpaired) electrons. The van der Waals surface area contributed by atoms with Crippen molar-refractivity contribution in [2.45, 2.75) is 26.6 Å². The lowest BCUT2D eigenvalue weighted by Gasteiger charge is -2.20. The second-order valence-corrected chi connectivity index (χ2v) is 5.62. The van der Waals surface area contributed by atoms with E-state index in [4.69, 9.17) is 0 Å². The van der Waals surface area contributed by atoms with Crippen molar-refractivity contribution in [3.8, 4) is 0 Å². The van der Waals surface area contributed by atoms with Crippen molar-refractivity contribution in [2.75, 3.05) is 5.75 Å². The molecule has 8 heteroatoms. The minimum atomic E-state index is -3.67. The Morgan fingerprint density at radius 3 is 2.32 bits per heavy atom. The molecule has 1 N–H and O–H groups in total. The highest BCUT2D eigenvalue weighted by Crippen LogP contribution is 2.21. The number of thioether (sulfide) groups is 1. The zero-order valence-electron chi connectivity index (χ0n) is 12.0. The zero-order valence-corrected chi connectivity index (χ0v) is 12.8. The van der Waals surface area contributed by atoms with Gasteiger partial charge in [0.2, 0.25) is 5.91 Å². The molecule has 1 aromatic carbocycles. The smallest absolute Gasteiger partial charge is 0.305 e. The molecule has 2 atom stereocenters. The maximum atomic E-state index is 12.8. The molecule has 22 heavy (non-hydrogen) atoms. The van der Waals surface area contributed by atoms with Gasteiger partial charge in [-0.05, 0) is 24.6 Å². The minimum Gasteiger partial charge on any atom is -0.305 e. The van der Waals surface area contributed by atoms with E-state index in [2.05, 4.69) is 10.3 Å². The van der Waals surface area contributed by atoms with Crippen molar-refractivity contribution < 1.29 is 22.4 Å². The zero-order chi connectivity index (χ0) is 16.7. The van der Waals surface area contributed by atoms with E-state index < -0.39 is 6.68 Å². The first kappa shape index (κ1) is 18.5. The van der Waals surface area contributed by atoms with Crippen molar-refractivity contribution in [3.05, 3.63) is 35.6 Å². The molecule has 122 valence electrons. The van der Waals surface area contributed by atoms with Gasteiger partial charge in [-0.3, -0.25) is 9.79 Å². The van der Waals surface area contributed by atoms with Gasteiger partial charge in [0.1, 0.15) is 5.82 Å². The van der Waals surface area contributed by atoms with Crippen molar-refractivity contribution in [2.24, 2.45) is 10.9 Å². The maximum Gasteiger partial charge on any atom is 0.379 e. The van der Waals surface area contributed by atoms with Gasteiger partial charge in [0, 0.05) is 11.7 Å². The summed E-state index contributed by atoms with van der Waals surface area (Å²) in [5.74, 6) is 0.530. The van der Waals surface area contributed by atoms with Crippen LogP contribution >= 0.6 is 11.8 Å². The summed E-state index contributed by atoms with van der Waals surface area (Å²) in [6.45, 7) is 0.146. The van der Waals surface area contributed by atoms with Crippen LogP contribution in [0.1, 0.15) is 25.5 Å². The maximum absolute atomic E-state index is 12.8. The van der Waals surface area contributed by atoms with Crippen LogP contribution in [0.5, 0.6) is 0 Å². The number of nitrogens with one attached hydrogen (secondary N) is 1. The quantitative estimate of drug-likeness (QED) is 0.832. The van der Waals surface area contributed by atoms with Crippen molar-refractivity contribution >= 4 is 22.8 Å². The van der Waals surface area contributed by atoms with E-state index in [0.29, 0.717) is 5.17 Å². The third-order valence-corrected chi connectivity index (χ3v) is 3.96. The summed E-state index contributed by atoms with van der Waals surface area (Å²) in [5, 5.41) is 3.43. The molecule has 1 aliphatic heterocycles. The molecule has 1 aromatic rings. The molecule has 0 aromatic heterocycles. The molecule has 1 saturated heterocycles. The standard InChI is InChI=1S/C13H15FN2OS.CHF3/c1-8-7-18-13(16-12(8)17)15-9(2)10-3-5-11(14)6-4-10;2-1(3)4/h3-6,8-9H,7H2,1-2H3,(H,15,16,17);1H/t8?,9-;/m0./s1. The van der Waals surface area contributed by atoms with E-state index in [0.717, 1.165) is 11.3 Å². The molecule has 0 bridgehead atoms. The number of halogens is 4. The van der Waals surface area contributed by atoms with Crippen molar-refractivity contribution in [1.82, 2.24) is 5.32 Å². The van der Waals surface area contributed by atoms with Gasteiger partial charge in [0.15, 0.2) is 5.17 Å². The molecule has 2 rings (SSSR count). The van der Waals surface area contributed by atoms with E-state index in [9.17, 15) is 22.4 Å². The van der Waals surface area contributed by atoms with Gasteiger partial charge in [0.25, 0.3) is 0 Å². The monoisotopic (exact) mass is 336 g/mol. The second-order valence-electron chi connectivity index (χ2n) is 4.61. The van der Waals surface area contributed by atoms with Crippen LogP contribution in [0.3, 0.4) is 0 Å². The average Bonchev–Trinajstić information content (AvgIpc) is 2.43. The van der Waals surface area contributed by atoms with Gasteiger partial charge in [0.05, 0.1) is 6.04 Å². The lowest BCUT2D eigenvalue weighted by molar-refractivity contribution is -0.122. The Bertz CT molecular complexity index is 519. The first-order chi connectivity index (χ1) is 10.3. The summed E-state index contributed by atoms with van der Waals surface area (Å²) in [5.41, 5.74) is 0.928. The van der Waals surface area contributed by atoms with Crippen LogP contribution in [-0.2, 0) is 4.79 Å². The number of hydrogen-bond donors (Lipinski definition) is 1. The van der Waals surface area contributed by atoms with E-state index in [1.807, 2.05) is 13.8 Å². The Balaban J connectivity index is 0.000000541. The summed E-state index contributed by atoms with van der Waals surface area (Å²) < 4.78 is 41.8. The summed E-state index contributed by atoms with van der Waals surface area (Å²) in [4.78, 5) is 16.0. The fourth-order valence-corrected chi connectivity index (χ4v) is 2.57. The van der Waals surface area contributed by atoms with Gasteiger partial charge in [-0.1, -0.05) is 30.8 Å². The molecular weight excluding hydrogens is 320 g/mol. The highest BCUT2D eigenvalue weighted by atomic mass is 32.2. The number of aliphatic imine (C=N–C) groups is 1. The van der Waals surface area contributed by atoms with E-state index in [1.165, 1.54) is 12.1 Å². The molecule has 1 fully saturated rings. The van der Waals surface area contributed by atoms with Crippen LogP contribution in [0.25, 0.3) is 0 Å². The summed E-state index contributed by atoms with van der Waals surface area (Å²) >= 11 is 1.55. The lowest BCUT2D eigenvalue weighted by Crippen LogP contribution is -2.39. The first-order valence-corrected chi connectivity index (χ1v) is 7.47. The van der Waals surface area contributed by atoms with E-state index in [1.54, 1.807) is 23.9 Å². The average molecular weight is 336 g/mol. The van der Waals surface area contributed by atoms with Crippen molar-refractivity contribution in [1.29, 1.82) is 0 Å². The predicted octanol–water partition coefficient (Wildman–Crippen LogP) is 3.92. The first-order valence-electron chi connectivity index (χ1n) is 6.48. The Labute approximate surface area is 130 Å². The lowest BCUT2D eigenvalue weighted by atomic mass is 10.1. The Morgan fingerprint density at radius 1 is 1.27 bits per heavy atom. The summed E-state index contributed by atoms with van der Waals surface area (Å²) in [7, 11) is 0. The number of amidine groups is 1. The third kappa shape index (κ3) is 6.46. The summed E-state index contributed by atoms with van der Waals surface area (Å²) in [6.07, 6.45) is 0. The van der Waals surface area contributed by atoms with Crippen molar-refractivity contribution in [3.63, 3.8) is 0 Å². The van der Waals surface area contributed by atoms with Gasteiger partial charge >= 0.3 is 6.68 Å². The number of benzene rings is 1. The van der Waals surface area contributed by atoms with Gasteiger partial charge in [-0.15, -0.1) is 0 Å². The van der Waals surface area contributed by atoms with Gasteiger partial charge < -0.3 is 5.32 Å².